The summed E-state index contributed by atoms with van der Waals surface area (Å²) in [6, 6.07) is 5.16. The molecule has 0 spiro atoms. The molecule has 1 aromatic rings. The van der Waals surface area contributed by atoms with Gasteiger partial charge in [0, 0.05) is 6.54 Å². The number of hydrogen-bond donors (Lipinski definition) is 1. The van der Waals surface area contributed by atoms with E-state index in [0.29, 0.717) is 17.7 Å². The van der Waals surface area contributed by atoms with E-state index in [1.54, 1.807) is 12.1 Å². The number of carbonyl (C=O) groups is 2. The van der Waals surface area contributed by atoms with Crippen molar-refractivity contribution in [2.24, 2.45) is 5.73 Å². The predicted octanol–water partition coefficient (Wildman–Crippen LogP) is 1.72. The molecule has 1 aliphatic heterocycles. The van der Waals surface area contributed by atoms with E-state index in [4.69, 9.17) is 5.73 Å². The van der Waals surface area contributed by atoms with Crippen molar-refractivity contribution < 1.29 is 9.59 Å². The van der Waals surface area contributed by atoms with Crippen LogP contribution < -0.4 is 5.73 Å². The fraction of sp³-hybridized carbons (Fsp3) is 0.429. The second-order valence-corrected chi connectivity index (χ2v) is 4.71. The number of fused-ring (bicyclic) bond motifs is 1. The molecule has 4 heteroatoms. The van der Waals surface area contributed by atoms with Crippen molar-refractivity contribution in [3.63, 3.8) is 0 Å². The second-order valence-electron chi connectivity index (χ2n) is 4.71. The van der Waals surface area contributed by atoms with Crippen molar-refractivity contribution in [2.45, 2.75) is 32.7 Å². The van der Waals surface area contributed by atoms with Gasteiger partial charge in [-0.15, -0.1) is 0 Å². The molecule has 0 aromatic heterocycles. The standard InChI is InChI=1S/C14H18N2O2/c1-3-4-10(8-15)16-13(17)11-6-5-9(2)7-12(11)14(16)18/h5-7,10H,3-4,8,15H2,1-2H3. The monoisotopic (exact) mass is 246 g/mol. The van der Waals surface area contributed by atoms with Gasteiger partial charge in [0.25, 0.3) is 11.8 Å². The van der Waals surface area contributed by atoms with Gasteiger partial charge in [-0.2, -0.15) is 0 Å². The summed E-state index contributed by atoms with van der Waals surface area (Å²) in [4.78, 5) is 25.9. The van der Waals surface area contributed by atoms with Crippen molar-refractivity contribution in [3.8, 4) is 0 Å². The molecule has 0 radical (unpaired) electrons. The Kier molecular flexibility index (Phi) is 3.48. The van der Waals surface area contributed by atoms with Crippen LogP contribution in [0.5, 0.6) is 0 Å². The van der Waals surface area contributed by atoms with Crippen LogP contribution in [0.3, 0.4) is 0 Å². The van der Waals surface area contributed by atoms with Crippen LogP contribution in [0, 0.1) is 6.92 Å². The van der Waals surface area contributed by atoms with E-state index >= 15 is 0 Å². The van der Waals surface area contributed by atoms with Crippen LogP contribution in [0.15, 0.2) is 18.2 Å². The maximum atomic E-state index is 12.3. The summed E-state index contributed by atoms with van der Waals surface area (Å²) in [5.41, 5.74) is 7.67. The van der Waals surface area contributed by atoms with Crippen LogP contribution in [0.2, 0.25) is 0 Å². The molecule has 0 bridgehead atoms. The number of carbonyl (C=O) groups excluding carboxylic acids is 2. The minimum absolute atomic E-state index is 0.192. The first kappa shape index (κ1) is 12.8. The third-order valence-electron chi connectivity index (χ3n) is 3.33. The second kappa shape index (κ2) is 4.90. The average molecular weight is 246 g/mol. The molecule has 1 unspecified atom stereocenters. The molecule has 4 nitrogen and oxygen atoms in total. The van der Waals surface area contributed by atoms with E-state index in [2.05, 4.69) is 0 Å². The summed E-state index contributed by atoms with van der Waals surface area (Å²) in [5.74, 6) is -0.415. The molecule has 0 saturated carbocycles. The van der Waals surface area contributed by atoms with Crippen molar-refractivity contribution in [1.82, 2.24) is 4.90 Å². The van der Waals surface area contributed by atoms with E-state index in [1.165, 1.54) is 4.90 Å². The summed E-state index contributed by atoms with van der Waals surface area (Å²) in [5, 5.41) is 0. The molecule has 0 aliphatic carbocycles. The van der Waals surface area contributed by atoms with Crippen LogP contribution >= 0.6 is 0 Å². The summed E-state index contributed by atoms with van der Waals surface area (Å²) in [7, 11) is 0. The molecule has 2 rings (SSSR count). The number of hydrogen-bond acceptors (Lipinski definition) is 3. The number of nitrogens with zero attached hydrogens (tertiary/aromatic N) is 1. The number of benzene rings is 1. The van der Waals surface area contributed by atoms with Crippen LogP contribution in [0.4, 0.5) is 0 Å². The van der Waals surface area contributed by atoms with Gasteiger partial charge in [-0.3, -0.25) is 14.5 Å². The smallest absolute Gasteiger partial charge is 0.261 e. The van der Waals surface area contributed by atoms with E-state index in [9.17, 15) is 9.59 Å². The Morgan fingerprint density at radius 1 is 1.22 bits per heavy atom. The third-order valence-corrected chi connectivity index (χ3v) is 3.33. The van der Waals surface area contributed by atoms with E-state index in [1.807, 2.05) is 19.9 Å². The fourth-order valence-corrected chi connectivity index (χ4v) is 2.39. The normalized spacial score (nSPS) is 16.1. The van der Waals surface area contributed by atoms with Crippen molar-refractivity contribution in [2.75, 3.05) is 6.54 Å². The average Bonchev–Trinajstić information content (AvgIpc) is 2.59. The fourth-order valence-electron chi connectivity index (χ4n) is 2.39. The summed E-state index contributed by atoms with van der Waals surface area (Å²) in [6.45, 7) is 4.25. The van der Waals surface area contributed by atoms with Crippen LogP contribution in [0.25, 0.3) is 0 Å². The topological polar surface area (TPSA) is 63.4 Å². The van der Waals surface area contributed by atoms with Crippen molar-refractivity contribution >= 4 is 11.8 Å². The zero-order chi connectivity index (χ0) is 13.3. The minimum atomic E-state index is -0.209. The van der Waals surface area contributed by atoms with Gasteiger partial charge in [-0.05, 0) is 25.5 Å². The molecule has 1 aromatic carbocycles. The number of imide groups is 1. The maximum Gasteiger partial charge on any atom is 0.261 e. The van der Waals surface area contributed by atoms with Crippen LogP contribution in [-0.2, 0) is 0 Å². The molecule has 2 N–H and O–H groups in total. The highest BCUT2D eigenvalue weighted by Gasteiger charge is 2.38. The van der Waals surface area contributed by atoms with Gasteiger partial charge in [0.2, 0.25) is 0 Å². The number of rotatable bonds is 4. The molecule has 1 heterocycles. The highest BCUT2D eigenvalue weighted by Crippen LogP contribution is 2.26. The predicted molar refractivity (Wildman–Crippen MR) is 69.4 cm³/mol. The number of amides is 2. The molecule has 18 heavy (non-hydrogen) atoms. The lowest BCUT2D eigenvalue weighted by Gasteiger charge is -2.24. The van der Waals surface area contributed by atoms with Crippen molar-refractivity contribution in [1.29, 1.82) is 0 Å². The van der Waals surface area contributed by atoms with Gasteiger partial charge >= 0.3 is 0 Å². The summed E-state index contributed by atoms with van der Waals surface area (Å²) < 4.78 is 0. The van der Waals surface area contributed by atoms with Gasteiger partial charge in [0.1, 0.15) is 0 Å². The lowest BCUT2D eigenvalue weighted by molar-refractivity contribution is 0.0581. The Bertz CT molecular complexity index is 497. The Hall–Kier alpha value is -1.68. The molecular weight excluding hydrogens is 228 g/mol. The molecule has 0 saturated heterocycles. The SMILES string of the molecule is CCCC(CN)N1C(=O)c2ccc(C)cc2C1=O. The molecule has 0 fully saturated rings. The Morgan fingerprint density at radius 3 is 2.50 bits per heavy atom. The lowest BCUT2D eigenvalue weighted by atomic mass is 10.1. The highest BCUT2D eigenvalue weighted by molar-refractivity contribution is 6.21. The maximum absolute atomic E-state index is 12.3. The van der Waals surface area contributed by atoms with Gasteiger partial charge < -0.3 is 5.73 Å². The third kappa shape index (κ3) is 1.93. The minimum Gasteiger partial charge on any atom is -0.328 e. The van der Waals surface area contributed by atoms with Gasteiger partial charge in [0.15, 0.2) is 0 Å². The Labute approximate surface area is 107 Å². The first-order valence-corrected chi connectivity index (χ1v) is 6.28. The first-order chi connectivity index (χ1) is 8.60. The van der Waals surface area contributed by atoms with Gasteiger partial charge in [-0.25, -0.2) is 0 Å². The first-order valence-electron chi connectivity index (χ1n) is 6.28. The number of aryl methyl sites for hydroxylation is 1. The molecule has 1 aliphatic rings. The molecule has 96 valence electrons. The van der Waals surface area contributed by atoms with E-state index in [-0.39, 0.29) is 17.9 Å². The summed E-state index contributed by atoms with van der Waals surface area (Å²) in [6.07, 6.45) is 1.65. The van der Waals surface area contributed by atoms with Crippen molar-refractivity contribution in [3.05, 3.63) is 34.9 Å². The molecular formula is C14H18N2O2. The van der Waals surface area contributed by atoms with Crippen LogP contribution in [0.1, 0.15) is 46.0 Å². The number of nitrogens with two attached hydrogens (primary N) is 1. The Balaban J connectivity index is 2.38. The zero-order valence-corrected chi connectivity index (χ0v) is 10.8. The largest absolute Gasteiger partial charge is 0.328 e. The lowest BCUT2D eigenvalue weighted by Crippen LogP contribution is -2.44. The quantitative estimate of drug-likeness (QED) is 0.823. The Morgan fingerprint density at radius 2 is 1.89 bits per heavy atom. The molecule has 2 amide bonds. The summed E-state index contributed by atoms with van der Waals surface area (Å²) >= 11 is 0. The van der Waals surface area contributed by atoms with Gasteiger partial charge in [-0.1, -0.05) is 25.0 Å². The van der Waals surface area contributed by atoms with Gasteiger partial charge in [0.05, 0.1) is 17.2 Å². The van der Waals surface area contributed by atoms with E-state index in [0.717, 1.165) is 18.4 Å². The zero-order valence-electron chi connectivity index (χ0n) is 10.8. The highest BCUT2D eigenvalue weighted by atomic mass is 16.2. The molecule has 1 atom stereocenters. The van der Waals surface area contributed by atoms with E-state index < -0.39 is 0 Å². The van der Waals surface area contributed by atoms with Crippen LogP contribution in [-0.4, -0.2) is 29.3 Å².